The number of carbonyl (C=O) groups is 1. The van der Waals surface area contributed by atoms with E-state index in [0.29, 0.717) is 105 Å². The predicted octanol–water partition coefficient (Wildman–Crippen LogP) is 3.73. The highest BCUT2D eigenvalue weighted by atomic mass is 19.4. The van der Waals surface area contributed by atoms with Gasteiger partial charge in [-0.15, -0.1) is 0 Å². The third-order valence-corrected chi connectivity index (χ3v) is 5.92. The van der Waals surface area contributed by atoms with E-state index in [4.69, 9.17) is 47.7 Å². The Bertz CT molecular complexity index is 1080. The lowest BCUT2D eigenvalue weighted by Gasteiger charge is -2.13. The van der Waals surface area contributed by atoms with Gasteiger partial charge in [0.2, 0.25) is 0 Å². The van der Waals surface area contributed by atoms with Crippen LogP contribution in [0.1, 0.15) is 15.9 Å². The van der Waals surface area contributed by atoms with Gasteiger partial charge in [0, 0.05) is 5.69 Å². The molecule has 0 radical (unpaired) electrons. The molecule has 2 N–H and O–H groups in total. The molecule has 2 rings (SSSR count). The molecule has 15 heteroatoms. The number of aliphatic hydroxyl groups excluding tert-OH is 1. The number of hydrogen-bond acceptors (Lipinski definition) is 12. The molecule has 0 spiro atoms. The molecule has 0 unspecified atom stereocenters. The first-order chi connectivity index (χ1) is 22.9. The molecule has 0 saturated carbocycles. The van der Waals surface area contributed by atoms with Crippen LogP contribution in [0.2, 0.25) is 0 Å². The Morgan fingerprint density at radius 2 is 1.00 bits per heavy atom. The highest BCUT2D eigenvalue weighted by molar-refractivity contribution is 5.96. The van der Waals surface area contributed by atoms with Crippen molar-refractivity contribution in [3.8, 4) is 0 Å². The minimum absolute atomic E-state index is 0.00163. The number of carbonyl (C=O) groups excluding carboxylic acids is 1. The molecule has 47 heavy (non-hydrogen) atoms. The van der Waals surface area contributed by atoms with Crippen LogP contribution in [0.15, 0.2) is 48.5 Å². The molecule has 0 heterocycles. The Morgan fingerprint density at radius 1 is 0.574 bits per heavy atom. The minimum Gasteiger partial charge on any atom is -0.460 e. The van der Waals surface area contributed by atoms with Gasteiger partial charge in [-0.05, 0) is 30.3 Å². The van der Waals surface area contributed by atoms with Gasteiger partial charge in [0.15, 0.2) is 0 Å². The first-order valence-electron chi connectivity index (χ1n) is 15.3. The SMILES string of the molecule is O=C(OCCOCCOCCOCCOCCOCCOCCOCCOCCO)c1ccccc1Nc1cccc(C(F)(F)F)c1. The van der Waals surface area contributed by atoms with Gasteiger partial charge in [0.25, 0.3) is 0 Å². The molecule has 0 aliphatic heterocycles. The van der Waals surface area contributed by atoms with Crippen molar-refractivity contribution in [2.75, 3.05) is 124 Å². The number of hydrogen-bond donors (Lipinski definition) is 2. The summed E-state index contributed by atoms with van der Waals surface area (Å²) in [4.78, 5) is 12.6. The van der Waals surface area contributed by atoms with Crippen LogP contribution in [-0.2, 0) is 48.8 Å². The Morgan fingerprint density at radius 3 is 1.45 bits per heavy atom. The zero-order valence-corrected chi connectivity index (χ0v) is 26.5. The zero-order valence-electron chi connectivity index (χ0n) is 26.5. The fraction of sp³-hybridized carbons (Fsp3) is 0.594. The first-order valence-corrected chi connectivity index (χ1v) is 15.3. The van der Waals surface area contributed by atoms with Crippen LogP contribution in [0.3, 0.4) is 0 Å². The van der Waals surface area contributed by atoms with Gasteiger partial charge in [-0.3, -0.25) is 0 Å². The summed E-state index contributed by atoms with van der Waals surface area (Å²) in [5, 5.41) is 11.4. The zero-order chi connectivity index (χ0) is 33.8. The second-order valence-electron chi connectivity index (χ2n) is 9.51. The van der Waals surface area contributed by atoms with E-state index in [0.717, 1.165) is 12.1 Å². The molecule has 0 amide bonds. The normalized spacial score (nSPS) is 11.6. The quantitative estimate of drug-likeness (QED) is 0.0961. The van der Waals surface area contributed by atoms with Crippen LogP contribution in [0.5, 0.6) is 0 Å². The van der Waals surface area contributed by atoms with E-state index in [9.17, 15) is 18.0 Å². The second kappa shape index (κ2) is 26.1. The summed E-state index contributed by atoms with van der Waals surface area (Å²) in [5.41, 5.74) is -0.0935. The topological polar surface area (TPSA) is 132 Å². The van der Waals surface area contributed by atoms with Gasteiger partial charge in [-0.2, -0.15) is 13.2 Å². The lowest BCUT2D eigenvalue weighted by Crippen LogP contribution is -2.16. The third-order valence-electron chi connectivity index (χ3n) is 5.92. The van der Waals surface area contributed by atoms with E-state index in [2.05, 4.69) is 5.32 Å². The first kappa shape index (κ1) is 40.3. The van der Waals surface area contributed by atoms with Crippen molar-refractivity contribution in [2.45, 2.75) is 6.18 Å². The van der Waals surface area contributed by atoms with Gasteiger partial charge in [-0.1, -0.05) is 18.2 Å². The van der Waals surface area contributed by atoms with E-state index >= 15 is 0 Å². The van der Waals surface area contributed by atoms with Crippen molar-refractivity contribution >= 4 is 17.3 Å². The van der Waals surface area contributed by atoms with Crippen LogP contribution < -0.4 is 5.32 Å². The van der Waals surface area contributed by atoms with Crippen molar-refractivity contribution in [3.63, 3.8) is 0 Å². The molecule has 0 aliphatic carbocycles. The Labute approximate surface area is 273 Å². The summed E-state index contributed by atoms with van der Waals surface area (Å²) >= 11 is 0. The maximum atomic E-state index is 13.0. The summed E-state index contributed by atoms with van der Waals surface area (Å²) in [7, 11) is 0. The summed E-state index contributed by atoms with van der Waals surface area (Å²) in [6.45, 7) is 6.47. The number of rotatable bonds is 29. The highest BCUT2D eigenvalue weighted by Crippen LogP contribution is 2.32. The number of alkyl halides is 3. The van der Waals surface area contributed by atoms with E-state index in [1.807, 2.05) is 0 Å². The molecule has 0 aliphatic rings. The summed E-state index contributed by atoms with van der Waals surface area (Å²) in [6, 6.07) is 11.1. The predicted molar refractivity (Wildman–Crippen MR) is 165 cm³/mol. The summed E-state index contributed by atoms with van der Waals surface area (Å²) < 4.78 is 87.2. The number of esters is 1. The number of halogens is 3. The fourth-order valence-corrected chi connectivity index (χ4v) is 3.68. The number of aliphatic hydroxyl groups is 1. The Balaban J connectivity index is 1.37. The molecule has 0 bridgehead atoms. The van der Waals surface area contributed by atoms with Gasteiger partial charge in [0.05, 0.1) is 129 Å². The van der Waals surface area contributed by atoms with Crippen LogP contribution >= 0.6 is 0 Å². The van der Waals surface area contributed by atoms with Crippen molar-refractivity contribution in [1.82, 2.24) is 0 Å². The number of anilines is 2. The number of benzene rings is 2. The van der Waals surface area contributed by atoms with Crippen LogP contribution in [0.4, 0.5) is 24.5 Å². The molecule has 0 saturated heterocycles. The smallest absolute Gasteiger partial charge is 0.416 e. The van der Waals surface area contributed by atoms with Gasteiger partial charge >= 0.3 is 12.1 Å². The Hall–Kier alpha value is -2.86. The van der Waals surface area contributed by atoms with Crippen molar-refractivity contribution in [3.05, 3.63) is 59.7 Å². The summed E-state index contributed by atoms with van der Waals surface area (Å²) in [6.07, 6.45) is -4.48. The van der Waals surface area contributed by atoms with Crippen LogP contribution in [0.25, 0.3) is 0 Å². The van der Waals surface area contributed by atoms with Crippen LogP contribution in [0, 0.1) is 0 Å². The van der Waals surface area contributed by atoms with Gasteiger partial charge < -0.3 is 53.1 Å². The van der Waals surface area contributed by atoms with Crippen LogP contribution in [-0.4, -0.2) is 130 Å². The number of ether oxygens (including phenoxy) is 9. The van der Waals surface area contributed by atoms with Gasteiger partial charge in [-0.25, -0.2) is 4.79 Å². The molecular weight excluding hydrogens is 631 g/mol. The monoisotopic (exact) mass is 677 g/mol. The molecule has 266 valence electrons. The second-order valence-corrected chi connectivity index (χ2v) is 9.51. The standard InChI is InChI=1S/C32H46F3NO11/c33-32(34,35)27-4-3-5-28(26-27)36-30-7-2-1-6-29(30)31(38)47-25-24-46-23-22-45-21-20-44-19-18-43-17-16-42-15-14-41-13-12-40-11-10-39-9-8-37/h1-7,26,36-37H,8-25H2. The van der Waals surface area contributed by atoms with Gasteiger partial charge in [0.1, 0.15) is 6.61 Å². The average Bonchev–Trinajstić information content (AvgIpc) is 3.06. The fourth-order valence-electron chi connectivity index (χ4n) is 3.68. The highest BCUT2D eigenvalue weighted by Gasteiger charge is 2.30. The third kappa shape index (κ3) is 20.2. The van der Waals surface area contributed by atoms with E-state index in [1.165, 1.54) is 18.2 Å². The molecule has 0 aromatic heterocycles. The Kier molecular flexibility index (Phi) is 22.4. The maximum absolute atomic E-state index is 13.0. The number of para-hydroxylation sites is 1. The van der Waals surface area contributed by atoms with Crippen molar-refractivity contribution in [1.29, 1.82) is 0 Å². The average molecular weight is 678 g/mol. The molecule has 0 fully saturated rings. The van der Waals surface area contributed by atoms with Crippen molar-refractivity contribution < 1.29 is 65.7 Å². The molecular formula is C32H46F3NO11. The lowest BCUT2D eigenvalue weighted by atomic mass is 10.1. The van der Waals surface area contributed by atoms with E-state index in [1.54, 1.807) is 18.2 Å². The molecule has 0 atom stereocenters. The molecule has 2 aromatic carbocycles. The maximum Gasteiger partial charge on any atom is 0.416 e. The summed E-state index contributed by atoms with van der Waals surface area (Å²) in [5.74, 6) is -0.630. The van der Waals surface area contributed by atoms with Crippen molar-refractivity contribution in [2.24, 2.45) is 0 Å². The molecule has 12 nitrogen and oxygen atoms in total. The lowest BCUT2D eigenvalue weighted by molar-refractivity contribution is -0.137. The number of nitrogens with one attached hydrogen (secondary N) is 1. The van der Waals surface area contributed by atoms with E-state index in [-0.39, 0.29) is 31.1 Å². The minimum atomic E-state index is -4.48. The van der Waals surface area contributed by atoms with E-state index < -0.39 is 17.7 Å². The molecule has 2 aromatic rings. The largest absolute Gasteiger partial charge is 0.460 e.